The van der Waals surface area contributed by atoms with Crippen molar-refractivity contribution in [3.05, 3.63) is 47.2 Å². The summed E-state index contributed by atoms with van der Waals surface area (Å²) < 4.78 is 2.02. The fourth-order valence-electron chi connectivity index (χ4n) is 2.23. The molecule has 4 aromatic rings. The Balaban J connectivity index is 1.61. The van der Waals surface area contributed by atoms with Crippen LogP contribution in [0.25, 0.3) is 16.0 Å². The van der Waals surface area contributed by atoms with Crippen molar-refractivity contribution >= 4 is 39.5 Å². The Labute approximate surface area is 124 Å². The summed E-state index contributed by atoms with van der Waals surface area (Å²) in [6.45, 7) is 1.97. The normalized spacial score (nSPS) is 11.9. The summed E-state index contributed by atoms with van der Waals surface area (Å²) in [5, 5.41) is 6.25. The number of thiazole rings is 1. The van der Waals surface area contributed by atoms with E-state index < -0.39 is 0 Å². The molecular weight excluding hydrogens is 284 g/mol. The summed E-state index contributed by atoms with van der Waals surface area (Å²) in [7, 11) is 0. The standard InChI is InChI=1S/C14H12N6S/c1-9-12(20-6-7-21-14(20)16-9)8-15-19-13-17-10-4-2-3-5-11(10)18-13/h2-8H,1H3,(H2,17,18,19)/b15-8+. The topological polar surface area (TPSA) is 70.4 Å². The zero-order chi connectivity index (χ0) is 14.2. The molecule has 1 aromatic carbocycles. The number of rotatable bonds is 3. The van der Waals surface area contributed by atoms with Crippen LogP contribution in [0.5, 0.6) is 0 Å². The van der Waals surface area contributed by atoms with Gasteiger partial charge in [-0.05, 0) is 19.1 Å². The summed E-state index contributed by atoms with van der Waals surface area (Å²) in [6.07, 6.45) is 3.75. The predicted molar refractivity (Wildman–Crippen MR) is 85.1 cm³/mol. The van der Waals surface area contributed by atoms with E-state index in [9.17, 15) is 0 Å². The summed E-state index contributed by atoms with van der Waals surface area (Å²) in [4.78, 5) is 13.0. The largest absolute Gasteiger partial charge is 0.323 e. The summed E-state index contributed by atoms with van der Waals surface area (Å²) in [6, 6.07) is 7.86. The number of aromatic nitrogens is 4. The third-order valence-electron chi connectivity index (χ3n) is 3.23. The highest BCUT2D eigenvalue weighted by atomic mass is 32.1. The molecule has 0 radical (unpaired) electrons. The van der Waals surface area contributed by atoms with Crippen LogP contribution in [0, 0.1) is 6.92 Å². The van der Waals surface area contributed by atoms with E-state index in [0.29, 0.717) is 5.95 Å². The molecule has 0 fully saturated rings. The van der Waals surface area contributed by atoms with Gasteiger partial charge in [-0.15, -0.1) is 11.3 Å². The van der Waals surface area contributed by atoms with Crippen LogP contribution >= 0.6 is 11.3 Å². The molecule has 0 aliphatic heterocycles. The lowest BCUT2D eigenvalue weighted by Gasteiger charge is -1.94. The van der Waals surface area contributed by atoms with Crippen molar-refractivity contribution in [2.24, 2.45) is 5.10 Å². The monoisotopic (exact) mass is 296 g/mol. The first kappa shape index (κ1) is 12.1. The van der Waals surface area contributed by atoms with E-state index in [2.05, 4.69) is 25.5 Å². The number of nitrogens with one attached hydrogen (secondary N) is 2. The minimum atomic E-state index is 0.621. The number of anilines is 1. The van der Waals surface area contributed by atoms with Crippen molar-refractivity contribution in [2.45, 2.75) is 6.92 Å². The highest BCUT2D eigenvalue weighted by molar-refractivity contribution is 7.15. The molecule has 0 spiro atoms. The number of hydrogen-bond acceptors (Lipinski definition) is 5. The first-order valence-corrected chi connectivity index (χ1v) is 7.35. The third-order valence-corrected chi connectivity index (χ3v) is 3.99. The lowest BCUT2D eigenvalue weighted by atomic mass is 10.3. The number of hydrogen-bond donors (Lipinski definition) is 2. The van der Waals surface area contributed by atoms with Crippen LogP contribution in [0.2, 0.25) is 0 Å². The molecule has 3 heterocycles. The second kappa shape index (κ2) is 4.71. The molecule has 21 heavy (non-hydrogen) atoms. The van der Waals surface area contributed by atoms with E-state index in [1.807, 2.05) is 47.2 Å². The Morgan fingerprint density at radius 1 is 1.33 bits per heavy atom. The van der Waals surface area contributed by atoms with Gasteiger partial charge in [0.2, 0.25) is 5.95 Å². The quantitative estimate of drug-likeness (QED) is 0.451. The van der Waals surface area contributed by atoms with Gasteiger partial charge >= 0.3 is 0 Å². The van der Waals surface area contributed by atoms with Crippen molar-refractivity contribution < 1.29 is 0 Å². The number of nitrogens with zero attached hydrogens (tertiary/aromatic N) is 4. The predicted octanol–water partition coefficient (Wildman–Crippen LogP) is 3.03. The van der Waals surface area contributed by atoms with Crippen LogP contribution in [-0.2, 0) is 0 Å². The molecular formula is C14H12N6S. The molecule has 2 N–H and O–H groups in total. The summed E-state index contributed by atoms with van der Waals surface area (Å²) in [5.41, 5.74) is 6.74. The average molecular weight is 296 g/mol. The highest BCUT2D eigenvalue weighted by Gasteiger charge is 2.07. The van der Waals surface area contributed by atoms with Crippen LogP contribution < -0.4 is 5.43 Å². The zero-order valence-electron chi connectivity index (χ0n) is 11.2. The molecule has 7 heteroatoms. The van der Waals surface area contributed by atoms with Crippen molar-refractivity contribution in [3.63, 3.8) is 0 Å². The Kier molecular flexibility index (Phi) is 2.71. The molecule has 0 aliphatic rings. The average Bonchev–Trinajstić information content (AvgIpc) is 3.14. The molecule has 0 atom stereocenters. The van der Waals surface area contributed by atoms with Gasteiger partial charge in [0.1, 0.15) is 0 Å². The Morgan fingerprint density at radius 3 is 3.14 bits per heavy atom. The van der Waals surface area contributed by atoms with Crippen LogP contribution in [0.3, 0.4) is 0 Å². The molecule has 0 saturated carbocycles. The number of benzene rings is 1. The van der Waals surface area contributed by atoms with Crippen molar-refractivity contribution in [3.8, 4) is 0 Å². The van der Waals surface area contributed by atoms with E-state index in [4.69, 9.17) is 0 Å². The van der Waals surface area contributed by atoms with Gasteiger partial charge in [0.25, 0.3) is 0 Å². The molecule has 0 aliphatic carbocycles. The number of imidazole rings is 2. The van der Waals surface area contributed by atoms with Gasteiger partial charge in [-0.1, -0.05) is 12.1 Å². The Morgan fingerprint density at radius 2 is 2.24 bits per heavy atom. The van der Waals surface area contributed by atoms with E-state index in [1.54, 1.807) is 17.6 Å². The van der Waals surface area contributed by atoms with Gasteiger partial charge in [0.05, 0.1) is 28.6 Å². The van der Waals surface area contributed by atoms with Gasteiger partial charge in [-0.2, -0.15) is 5.10 Å². The second-order valence-electron chi connectivity index (χ2n) is 4.61. The van der Waals surface area contributed by atoms with E-state index in [-0.39, 0.29) is 0 Å². The van der Waals surface area contributed by atoms with Crippen LogP contribution in [0.4, 0.5) is 5.95 Å². The SMILES string of the molecule is Cc1nc2sccn2c1/C=N/Nc1nc2ccccc2[nH]1. The maximum absolute atomic E-state index is 4.47. The molecule has 0 bridgehead atoms. The molecule has 104 valence electrons. The van der Waals surface area contributed by atoms with E-state index >= 15 is 0 Å². The Hall–Kier alpha value is -2.67. The minimum absolute atomic E-state index is 0.621. The maximum atomic E-state index is 4.47. The van der Waals surface area contributed by atoms with Crippen LogP contribution in [-0.4, -0.2) is 25.6 Å². The van der Waals surface area contributed by atoms with E-state index in [0.717, 1.165) is 27.4 Å². The number of hydrazone groups is 1. The van der Waals surface area contributed by atoms with Gasteiger partial charge in [0, 0.05) is 11.6 Å². The first-order chi connectivity index (χ1) is 10.3. The van der Waals surface area contributed by atoms with Gasteiger partial charge < -0.3 is 4.98 Å². The summed E-state index contributed by atoms with van der Waals surface area (Å²) in [5.74, 6) is 0.621. The number of aromatic amines is 1. The molecule has 0 saturated heterocycles. The first-order valence-electron chi connectivity index (χ1n) is 6.47. The smallest absolute Gasteiger partial charge is 0.222 e. The fraction of sp³-hybridized carbons (Fsp3) is 0.0714. The molecule has 0 amide bonds. The number of H-pyrrole nitrogens is 1. The lowest BCUT2D eigenvalue weighted by Crippen LogP contribution is -1.95. The molecule has 0 unspecified atom stereocenters. The van der Waals surface area contributed by atoms with Crippen molar-refractivity contribution in [2.75, 3.05) is 5.43 Å². The van der Waals surface area contributed by atoms with Crippen molar-refractivity contribution in [1.82, 2.24) is 19.4 Å². The maximum Gasteiger partial charge on any atom is 0.222 e. The van der Waals surface area contributed by atoms with Crippen LogP contribution in [0.1, 0.15) is 11.4 Å². The van der Waals surface area contributed by atoms with E-state index in [1.165, 1.54) is 0 Å². The van der Waals surface area contributed by atoms with Crippen molar-refractivity contribution in [1.29, 1.82) is 0 Å². The number of para-hydroxylation sites is 2. The molecule has 3 aromatic heterocycles. The molecule has 6 nitrogen and oxygen atoms in total. The third kappa shape index (κ3) is 2.07. The van der Waals surface area contributed by atoms with Gasteiger partial charge in [-0.25, -0.2) is 15.4 Å². The van der Waals surface area contributed by atoms with Gasteiger partial charge in [-0.3, -0.25) is 4.40 Å². The highest BCUT2D eigenvalue weighted by Crippen LogP contribution is 2.16. The fourth-order valence-corrected chi connectivity index (χ4v) is 2.99. The number of fused-ring (bicyclic) bond motifs is 2. The number of aryl methyl sites for hydroxylation is 1. The van der Waals surface area contributed by atoms with Gasteiger partial charge in [0.15, 0.2) is 4.96 Å². The zero-order valence-corrected chi connectivity index (χ0v) is 12.1. The summed E-state index contributed by atoms with van der Waals surface area (Å²) >= 11 is 1.61. The molecule has 4 rings (SSSR count). The lowest BCUT2D eigenvalue weighted by molar-refractivity contribution is 1.18. The Bertz CT molecular complexity index is 912. The van der Waals surface area contributed by atoms with Crippen LogP contribution in [0.15, 0.2) is 40.9 Å². The minimum Gasteiger partial charge on any atom is -0.323 e. The second-order valence-corrected chi connectivity index (χ2v) is 5.48.